The molecule has 0 atom stereocenters. The van der Waals surface area contributed by atoms with Crippen LogP contribution in [0.15, 0.2) is 30.3 Å². The van der Waals surface area contributed by atoms with E-state index in [4.69, 9.17) is 0 Å². The van der Waals surface area contributed by atoms with Gasteiger partial charge in [0.25, 0.3) is 0 Å². The van der Waals surface area contributed by atoms with Crippen LogP contribution in [0.1, 0.15) is 6.42 Å². The van der Waals surface area contributed by atoms with Gasteiger partial charge in [0, 0.05) is 29.9 Å². The highest BCUT2D eigenvalue weighted by Gasteiger charge is 2.04. The number of benzene rings is 1. The first-order valence-electron chi connectivity index (χ1n) is 5.58. The molecule has 0 radical (unpaired) electrons. The van der Waals surface area contributed by atoms with Gasteiger partial charge in [-0.2, -0.15) is 11.8 Å². The van der Waals surface area contributed by atoms with Crippen molar-refractivity contribution in [3.05, 3.63) is 30.3 Å². The molecular weight excluding hydrogens is 270 g/mol. The number of hydrogen-bond donors (Lipinski definition) is 1. The molecule has 0 aromatic heterocycles. The summed E-state index contributed by atoms with van der Waals surface area (Å²) >= 11 is 1.48. The van der Waals surface area contributed by atoms with Crippen molar-refractivity contribution in [2.45, 2.75) is 6.42 Å². The van der Waals surface area contributed by atoms with Crippen LogP contribution in [0, 0.1) is 0 Å². The monoisotopic (exact) mass is 287 g/mol. The van der Waals surface area contributed by atoms with E-state index in [1.54, 1.807) is 0 Å². The van der Waals surface area contributed by atoms with Crippen LogP contribution < -0.4 is 5.32 Å². The van der Waals surface area contributed by atoms with Gasteiger partial charge in [0.15, 0.2) is 0 Å². The molecule has 1 rings (SSSR count). The Labute approximate surface area is 112 Å². The van der Waals surface area contributed by atoms with E-state index in [2.05, 4.69) is 5.32 Å². The van der Waals surface area contributed by atoms with Gasteiger partial charge in [0.1, 0.15) is 9.84 Å². The first-order chi connectivity index (χ1) is 8.47. The third kappa shape index (κ3) is 7.34. The van der Waals surface area contributed by atoms with E-state index in [1.165, 1.54) is 18.0 Å². The van der Waals surface area contributed by atoms with E-state index in [-0.39, 0.29) is 11.7 Å². The standard InChI is InChI=1S/C12H17NO3S2/c1-18(15,16)10-9-17-8-7-12(14)13-11-5-3-2-4-6-11/h2-6H,7-10H2,1H3,(H,13,14). The molecule has 6 heteroatoms. The van der Waals surface area contributed by atoms with Gasteiger partial charge in [0.2, 0.25) is 5.91 Å². The van der Waals surface area contributed by atoms with Crippen LogP contribution in [-0.2, 0) is 14.6 Å². The fraction of sp³-hybridized carbons (Fsp3) is 0.417. The van der Waals surface area contributed by atoms with E-state index >= 15 is 0 Å². The zero-order valence-corrected chi connectivity index (χ0v) is 11.9. The molecule has 0 fully saturated rings. The lowest BCUT2D eigenvalue weighted by atomic mass is 10.3. The minimum Gasteiger partial charge on any atom is -0.326 e. The third-order valence-corrected chi connectivity index (χ3v) is 4.32. The molecule has 1 aromatic carbocycles. The maximum atomic E-state index is 11.5. The Balaban J connectivity index is 2.15. The van der Waals surface area contributed by atoms with Crippen LogP contribution in [0.5, 0.6) is 0 Å². The molecular formula is C12H17NO3S2. The molecule has 0 aliphatic carbocycles. The molecule has 0 heterocycles. The Hall–Kier alpha value is -1.01. The van der Waals surface area contributed by atoms with Gasteiger partial charge in [-0.1, -0.05) is 18.2 Å². The number of carbonyl (C=O) groups excluding carboxylic acids is 1. The Morgan fingerprint density at radius 3 is 2.50 bits per heavy atom. The quantitative estimate of drug-likeness (QED) is 0.777. The predicted molar refractivity (Wildman–Crippen MR) is 76.7 cm³/mol. The molecule has 0 spiro atoms. The van der Waals surface area contributed by atoms with Gasteiger partial charge in [0.05, 0.1) is 5.75 Å². The predicted octanol–water partition coefficient (Wildman–Crippen LogP) is 1.79. The van der Waals surface area contributed by atoms with Crippen molar-refractivity contribution in [2.24, 2.45) is 0 Å². The molecule has 1 amide bonds. The van der Waals surface area contributed by atoms with Crippen LogP contribution in [0.2, 0.25) is 0 Å². The molecule has 1 N–H and O–H groups in total. The average Bonchev–Trinajstić information content (AvgIpc) is 2.28. The summed E-state index contributed by atoms with van der Waals surface area (Å²) in [5, 5.41) is 2.78. The van der Waals surface area contributed by atoms with E-state index in [0.29, 0.717) is 17.9 Å². The van der Waals surface area contributed by atoms with Gasteiger partial charge in [-0.3, -0.25) is 4.79 Å². The lowest BCUT2D eigenvalue weighted by molar-refractivity contribution is -0.115. The van der Waals surface area contributed by atoms with Crippen molar-refractivity contribution >= 4 is 33.2 Å². The summed E-state index contributed by atoms with van der Waals surface area (Å²) in [4.78, 5) is 11.5. The van der Waals surface area contributed by atoms with Crippen LogP contribution >= 0.6 is 11.8 Å². The summed E-state index contributed by atoms with van der Waals surface area (Å²) < 4.78 is 21.8. The number of nitrogens with one attached hydrogen (secondary N) is 1. The maximum absolute atomic E-state index is 11.5. The first-order valence-corrected chi connectivity index (χ1v) is 8.79. The number of para-hydroxylation sites is 1. The van der Waals surface area contributed by atoms with Crippen LogP contribution in [-0.4, -0.2) is 37.8 Å². The zero-order valence-electron chi connectivity index (χ0n) is 10.3. The van der Waals surface area contributed by atoms with E-state index in [9.17, 15) is 13.2 Å². The fourth-order valence-corrected chi connectivity index (χ4v) is 3.44. The number of thioether (sulfide) groups is 1. The number of anilines is 1. The first kappa shape index (κ1) is 15.0. The van der Waals surface area contributed by atoms with Crippen molar-refractivity contribution in [1.29, 1.82) is 0 Å². The topological polar surface area (TPSA) is 63.2 Å². The molecule has 0 aliphatic heterocycles. The second-order valence-electron chi connectivity index (χ2n) is 3.91. The molecule has 18 heavy (non-hydrogen) atoms. The lowest BCUT2D eigenvalue weighted by Crippen LogP contribution is -2.12. The summed E-state index contributed by atoms with van der Waals surface area (Å²) in [5.41, 5.74) is 0.781. The molecule has 0 bridgehead atoms. The maximum Gasteiger partial charge on any atom is 0.225 e. The summed E-state index contributed by atoms with van der Waals surface area (Å²) in [6.45, 7) is 0. The van der Waals surface area contributed by atoms with Crippen molar-refractivity contribution in [3.8, 4) is 0 Å². The molecule has 4 nitrogen and oxygen atoms in total. The normalized spacial score (nSPS) is 11.2. The Morgan fingerprint density at radius 1 is 1.22 bits per heavy atom. The second kappa shape index (κ2) is 7.43. The van der Waals surface area contributed by atoms with E-state index < -0.39 is 9.84 Å². The van der Waals surface area contributed by atoms with Gasteiger partial charge in [-0.05, 0) is 12.1 Å². The summed E-state index contributed by atoms with van der Waals surface area (Å²) in [5.74, 6) is 1.29. The Bertz CT molecular complexity index is 471. The van der Waals surface area contributed by atoms with Gasteiger partial charge < -0.3 is 5.32 Å². The molecule has 0 saturated heterocycles. The smallest absolute Gasteiger partial charge is 0.225 e. The largest absolute Gasteiger partial charge is 0.326 e. The van der Waals surface area contributed by atoms with Crippen LogP contribution in [0.25, 0.3) is 0 Å². The molecule has 0 saturated carbocycles. The van der Waals surface area contributed by atoms with Gasteiger partial charge in [-0.15, -0.1) is 0 Å². The van der Waals surface area contributed by atoms with Crippen molar-refractivity contribution < 1.29 is 13.2 Å². The van der Waals surface area contributed by atoms with Crippen molar-refractivity contribution in [2.75, 3.05) is 28.8 Å². The van der Waals surface area contributed by atoms with Gasteiger partial charge >= 0.3 is 0 Å². The Kier molecular flexibility index (Phi) is 6.21. The van der Waals surface area contributed by atoms with E-state index in [0.717, 1.165) is 5.69 Å². The highest BCUT2D eigenvalue weighted by atomic mass is 32.2. The molecule has 0 aliphatic rings. The average molecular weight is 287 g/mol. The number of carbonyl (C=O) groups is 1. The Morgan fingerprint density at radius 2 is 1.89 bits per heavy atom. The molecule has 0 unspecified atom stereocenters. The molecule has 100 valence electrons. The third-order valence-electron chi connectivity index (χ3n) is 2.13. The van der Waals surface area contributed by atoms with Crippen molar-refractivity contribution in [1.82, 2.24) is 0 Å². The minimum atomic E-state index is -2.89. The summed E-state index contributed by atoms with van der Waals surface area (Å²) in [7, 11) is -2.89. The van der Waals surface area contributed by atoms with Crippen molar-refractivity contribution in [3.63, 3.8) is 0 Å². The zero-order chi connectivity index (χ0) is 13.4. The SMILES string of the molecule is CS(=O)(=O)CCSCCC(=O)Nc1ccccc1. The number of sulfone groups is 1. The summed E-state index contributed by atoms with van der Waals surface area (Å²) in [6, 6.07) is 9.26. The number of hydrogen-bond acceptors (Lipinski definition) is 4. The number of amides is 1. The second-order valence-corrected chi connectivity index (χ2v) is 7.39. The van der Waals surface area contributed by atoms with Crippen LogP contribution in [0.4, 0.5) is 5.69 Å². The fourth-order valence-electron chi connectivity index (χ4n) is 1.22. The van der Waals surface area contributed by atoms with Gasteiger partial charge in [-0.25, -0.2) is 8.42 Å². The number of rotatable bonds is 7. The summed E-state index contributed by atoms with van der Waals surface area (Å²) in [6.07, 6.45) is 1.61. The lowest BCUT2D eigenvalue weighted by Gasteiger charge is -2.04. The molecule has 1 aromatic rings. The highest BCUT2D eigenvalue weighted by molar-refractivity contribution is 8.00. The highest BCUT2D eigenvalue weighted by Crippen LogP contribution is 2.08. The van der Waals surface area contributed by atoms with Crippen LogP contribution in [0.3, 0.4) is 0 Å². The van der Waals surface area contributed by atoms with E-state index in [1.807, 2.05) is 30.3 Å². The minimum absolute atomic E-state index is 0.0481.